The number of carbonyl (C=O) groups is 1. The molecule has 1 aromatic heterocycles. The number of hydrogen-bond acceptors (Lipinski definition) is 3. The van der Waals surface area contributed by atoms with E-state index in [1.54, 1.807) is 6.20 Å². The molecule has 0 saturated heterocycles. The molecule has 0 spiro atoms. The van der Waals surface area contributed by atoms with E-state index in [-0.39, 0.29) is 36.5 Å². The van der Waals surface area contributed by atoms with Crippen LogP contribution in [0, 0.1) is 12.8 Å². The molecule has 0 aliphatic rings. The first-order valence-electron chi connectivity index (χ1n) is 6.08. The number of aryl methyl sites for hydroxylation is 1. The zero-order valence-electron chi connectivity index (χ0n) is 11.7. The lowest BCUT2D eigenvalue weighted by atomic mass is 10.2. The van der Waals surface area contributed by atoms with Crippen molar-refractivity contribution < 1.29 is 4.79 Å². The van der Waals surface area contributed by atoms with Crippen LogP contribution < -0.4 is 5.32 Å². The molecule has 0 aliphatic carbocycles. The Balaban J connectivity index is 0.00000180. The van der Waals surface area contributed by atoms with Crippen molar-refractivity contribution in [3.8, 4) is 0 Å². The first-order chi connectivity index (χ1) is 8.56. The summed E-state index contributed by atoms with van der Waals surface area (Å²) in [5, 5.41) is 3.76. The average Bonchev–Trinajstić information content (AvgIpc) is 2.35. The summed E-state index contributed by atoms with van der Waals surface area (Å²) in [4.78, 5) is 20.2. The van der Waals surface area contributed by atoms with E-state index in [1.165, 1.54) is 0 Å². The van der Waals surface area contributed by atoms with E-state index in [4.69, 9.17) is 0 Å². The molecular weight excluding hydrogens is 297 g/mol. The number of nitrogens with zero attached hydrogens (tertiary/aromatic N) is 2. The highest BCUT2D eigenvalue weighted by Gasteiger charge is 2.10. The van der Waals surface area contributed by atoms with Crippen molar-refractivity contribution in [1.29, 1.82) is 0 Å². The topological polar surface area (TPSA) is 54.9 Å². The van der Waals surface area contributed by atoms with Gasteiger partial charge >= 0.3 is 0 Å². The predicted molar refractivity (Wildman–Crippen MR) is 85.9 cm³/mol. The number of aromatic nitrogens is 2. The number of rotatable bonds is 3. The van der Waals surface area contributed by atoms with Gasteiger partial charge in [0.15, 0.2) is 0 Å². The van der Waals surface area contributed by atoms with Gasteiger partial charge in [-0.05, 0) is 25.0 Å². The van der Waals surface area contributed by atoms with Gasteiger partial charge in [-0.3, -0.25) is 4.79 Å². The Labute approximate surface area is 131 Å². The minimum Gasteiger partial charge on any atom is -0.349 e. The molecule has 0 saturated carbocycles. The lowest BCUT2D eigenvalue weighted by molar-refractivity contribution is 0.0939. The van der Waals surface area contributed by atoms with Crippen molar-refractivity contribution >= 4 is 41.6 Å². The maximum atomic E-state index is 11.8. The third kappa shape index (κ3) is 4.62. The van der Waals surface area contributed by atoms with E-state index >= 15 is 0 Å². The van der Waals surface area contributed by atoms with E-state index < -0.39 is 0 Å². The Hall–Kier alpha value is -1.39. The fourth-order valence-electron chi connectivity index (χ4n) is 1.64. The monoisotopic (exact) mass is 315 g/mol. The van der Waals surface area contributed by atoms with Crippen LogP contribution in [0.15, 0.2) is 24.4 Å². The first-order valence-corrected chi connectivity index (χ1v) is 6.08. The molecule has 0 unspecified atom stereocenters. The van der Waals surface area contributed by atoms with Crippen LogP contribution in [0.4, 0.5) is 0 Å². The van der Waals surface area contributed by atoms with Crippen molar-refractivity contribution in [2.45, 2.75) is 20.8 Å². The van der Waals surface area contributed by atoms with Gasteiger partial charge in [0, 0.05) is 18.1 Å². The maximum Gasteiger partial charge on any atom is 0.289 e. The molecule has 0 radical (unpaired) electrons. The fourth-order valence-corrected chi connectivity index (χ4v) is 1.64. The summed E-state index contributed by atoms with van der Waals surface area (Å²) in [7, 11) is 0. The van der Waals surface area contributed by atoms with Gasteiger partial charge in [-0.15, -0.1) is 24.8 Å². The number of carbonyl (C=O) groups excluding carboxylic acids is 1. The van der Waals surface area contributed by atoms with Crippen molar-refractivity contribution in [1.82, 2.24) is 15.3 Å². The normalized spacial score (nSPS) is 9.80. The second-order valence-corrected chi connectivity index (χ2v) is 4.86. The molecule has 0 atom stereocenters. The second kappa shape index (κ2) is 8.02. The van der Waals surface area contributed by atoms with Gasteiger partial charge in [0.1, 0.15) is 0 Å². The maximum absolute atomic E-state index is 11.8. The van der Waals surface area contributed by atoms with Gasteiger partial charge in [-0.25, -0.2) is 9.97 Å². The summed E-state index contributed by atoms with van der Waals surface area (Å²) in [6.45, 7) is 6.74. The SMILES string of the molecule is Cc1ccc2nc(C(=O)NCC(C)C)ncc2c1.Cl.Cl. The predicted octanol–water partition coefficient (Wildman–Crippen LogP) is 3.17. The van der Waals surface area contributed by atoms with Crippen LogP contribution in [-0.4, -0.2) is 22.4 Å². The molecule has 1 amide bonds. The van der Waals surface area contributed by atoms with E-state index in [0.29, 0.717) is 12.5 Å². The van der Waals surface area contributed by atoms with Gasteiger partial charge in [-0.2, -0.15) is 0 Å². The van der Waals surface area contributed by atoms with Crippen LogP contribution in [0.25, 0.3) is 10.9 Å². The Morgan fingerprint density at radius 3 is 2.65 bits per heavy atom. The quantitative estimate of drug-likeness (QED) is 0.946. The highest BCUT2D eigenvalue weighted by Crippen LogP contribution is 2.12. The molecule has 0 aliphatic heterocycles. The number of benzene rings is 1. The zero-order valence-corrected chi connectivity index (χ0v) is 13.3. The van der Waals surface area contributed by atoms with Gasteiger partial charge in [0.05, 0.1) is 5.52 Å². The number of hydrogen-bond donors (Lipinski definition) is 1. The van der Waals surface area contributed by atoms with Gasteiger partial charge < -0.3 is 5.32 Å². The van der Waals surface area contributed by atoms with Crippen LogP contribution in [-0.2, 0) is 0 Å². The Morgan fingerprint density at radius 1 is 1.30 bits per heavy atom. The fraction of sp³-hybridized carbons (Fsp3) is 0.357. The van der Waals surface area contributed by atoms with Crippen LogP contribution in [0.2, 0.25) is 0 Å². The van der Waals surface area contributed by atoms with E-state index in [0.717, 1.165) is 16.5 Å². The largest absolute Gasteiger partial charge is 0.349 e. The van der Waals surface area contributed by atoms with E-state index in [9.17, 15) is 4.79 Å². The molecule has 2 rings (SSSR count). The minimum absolute atomic E-state index is 0. The Morgan fingerprint density at radius 2 is 2.00 bits per heavy atom. The van der Waals surface area contributed by atoms with Crippen molar-refractivity contribution in [3.63, 3.8) is 0 Å². The second-order valence-electron chi connectivity index (χ2n) is 4.86. The summed E-state index contributed by atoms with van der Waals surface area (Å²) in [5.74, 6) is 0.426. The average molecular weight is 316 g/mol. The van der Waals surface area contributed by atoms with Gasteiger partial charge in [0.2, 0.25) is 5.82 Å². The highest BCUT2D eigenvalue weighted by molar-refractivity contribution is 5.92. The molecule has 0 fully saturated rings. The number of amides is 1. The third-order valence-electron chi connectivity index (χ3n) is 2.61. The van der Waals surface area contributed by atoms with Gasteiger partial charge in [0.25, 0.3) is 5.91 Å². The molecule has 1 aromatic carbocycles. The molecular formula is C14H19Cl2N3O. The summed E-state index contributed by atoms with van der Waals surface area (Å²) < 4.78 is 0. The molecule has 1 N–H and O–H groups in total. The molecule has 0 bridgehead atoms. The lowest BCUT2D eigenvalue weighted by Gasteiger charge is -2.07. The smallest absolute Gasteiger partial charge is 0.289 e. The first kappa shape index (κ1) is 18.6. The Kier molecular flexibility index (Phi) is 7.46. The zero-order chi connectivity index (χ0) is 13.1. The molecule has 4 nitrogen and oxygen atoms in total. The van der Waals surface area contributed by atoms with Crippen LogP contribution in [0.5, 0.6) is 0 Å². The summed E-state index contributed by atoms with van der Waals surface area (Å²) in [6, 6.07) is 5.89. The van der Waals surface area contributed by atoms with Crippen LogP contribution in [0.1, 0.15) is 30.0 Å². The minimum atomic E-state index is -0.217. The number of fused-ring (bicyclic) bond motifs is 1. The third-order valence-corrected chi connectivity index (χ3v) is 2.61. The number of halogens is 2. The standard InChI is InChI=1S/C14H17N3O.2ClH/c1-9(2)7-16-14(18)13-15-8-11-6-10(3)4-5-12(11)17-13;;/h4-6,8-9H,7H2,1-3H3,(H,16,18);2*1H. The summed E-state index contributed by atoms with van der Waals surface area (Å²) in [5.41, 5.74) is 1.95. The van der Waals surface area contributed by atoms with Crippen LogP contribution >= 0.6 is 24.8 Å². The summed E-state index contributed by atoms with van der Waals surface area (Å²) in [6.07, 6.45) is 1.69. The molecule has 6 heteroatoms. The van der Waals surface area contributed by atoms with Crippen molar-refractivity contribution in [2.24, 2.45) is 5.92 Å². The molecule has 110 valence electrons. The number of nitrogens with one attached hydrogen (secondary N) is 1. The molecule has 1 heterocycles. The highest BCUT2D eigenvalue weighted by atomic mass is 35.5. The van der Waals surface area contributed by atoms with E-state index in [1.807, 2.05) is 39.0 Å². The van der Waals surface area contributed by atoms with Crippen molar-refractivity contribution in [2.75, 3.05) is 6.54 Å². The van der Waals surface area contributed by atoms with Crippen LogP contribution in [0.3, 0.4) is 0 Å². The Bertz CT molecular complexity index is 588. The van der Waals surface area contributed by atoms with Crippen molar-refractivity contribution in [3.05, 3.63) is 35.8 Å². The lowest BCUT2D eigenvalue weighted by Crippen LogP contribution is -2.28. The molecule has 20 heavy (non-hydrogen) atoms. The molecule has 2 aromatic rings. The van der Waals surface area contributed by atoms with Gasteiger partial charge in [-0.1, -0.05) is 25.5 Å². The summed E-state index contributed by atoms with van der Waals surface area (Å²) >= 11 is 0. The van der Waals surface area contributed by atoms with E-state index in [2.05, 4.69) is 15.3 Å².